The molecule has 2 aliphatic rings. The Morgan fingerprint density at radius 1 is 1.09 bits per heavy atom. The van der Waals surface area contributed by atoms with Crippen LogP contribution in [0, 0.1) is 5.82 Å². The van der Waals surface area contributed by atoms with E-state index in [9.17, 15) is 4.39 Å². The van der Waals surface area contributed by atoms with Gasteiger partial charge in [-0.3, -0.25) is 5.01 Å². The fourth-order valence-corrected chi connectivity index (χ4v) is 3.37. The second kappa shape index (κ2) is 4.98. The van der Waals surface area contributed by atoms with E-state index in [1.807, 2.05) is 36.3 Å². The summed E-state index contributed by atoms with van der Waals surface area (Å²) in [5.74, 6) is 0.737. The highest BCUT2D eigenvalue weighted by atomic mass is 19.1. The Morgan fingerprint density at radius 3 is 2.61 bits per heavy atom. The predicted molar refractivity (Wildman–Crippen MR) is 89.7 cm³/mol. The molecule has 0 bridgehead atoms. The van der Waals surface area contributed by atoms with Crippen molar-refractivity contribution < 1.29 is 4.39 Å². The van der Waals surface area contributed by atoms with E-state index < -0.39 is 5.66 Å². The van der Waals surface area contributed by atoms with Crippen LogP contribution in [0.3, 0.4) is 0 Å². The molecule has 2 aromatic carbocycles. The monoisotopic (exact) mass is 310 g/mol. The number of nitrogens with zero attached hydrogens (tertiary/aromatic N) is 3. The van der Waals surface area contributed by atoms with Crippen LogP contribution in [0.5, 0.6) is 0 Å². The summed E-state index contributed by atoms with van der Waals surface area (Å²) in [6.45, 7) is 3.83. The Kier molecular flexibility index (Phi) is 3.04. The van der Waals surface area contributed by atoms with Crippen molar-refractivity contribution in [2.75, 3.05) is 25.5 Å². The predicted octanol–water partition coefficient (Wildman–Crippen LogP) is 3.03. The lowest BCUT2D eigenvalue weighted by atomic mass is 9.93. The highest BCUT2D eigenvalue weighted by molar-refractivity contribution is 6.06. The molecule has 0 saturated carbocycles. The average molecular weight is 310 g/mol. The van der Waals surface area contributed by atoms with Gasteiger partial charge < -0.3 is 10.2 Å². The molecule has 0 spiro atoms. The minimum atomic E-state index is -0.456. The van der Waals surface area contributed by atoms with Crippen LogP contribution in [0.1, 0.15) is 18.1 Å². The van der Waals surface area contributed by atoms with Gasteiger partial charge in [-0.1, -0.05) is 24.3 Å². The van der Waals surface area contributed by atoms with E-state index in [1.165, 1.54) is 12.1 Å². The number of benzene rings is 2. The molecule has 0 saturated heterocycles. The third-order valence-corrected chi connectivity index (χ3v) is 4.66. The lowest BCUT2D eigenvalue weighted by Crippen LogP contribution is -2.59. The van der Waals surface area contributed by atoms with E-state index in [0.717, 1.165) is 35.7 Å². The Morgan fingerprint density at radius 2 is 1.83 bits per heavy atom. The Bertz CT molecular complexity index is 771. The number of para-hydroxylation sites is 1. The molecule has 0 aliphatic carbocycles. The van der Waals surface area contributed by atoms with Gasteiger partial charge in [-0.15, -0.1) is 0 Å². The average Bonchev–Trinajstić information content (AvgIpc) is 2.55. The van der Waals surface area contributed by atoms with Crippen LogP contribution in [-0.4, -0.2) is 35.9 Å². The molecule has 0 amide bonds. The largest absolute Gasteiger partial charge is 0.359 e. The minimum absolute atomic E-state index is 0.221. The quantitative estimate of drug-likeness (QED) is 0.878. The maximum atomic E-state index is 13.3. The van der Waals surface area contributed by atoms with Crippen molar-refractivity contribution in [3.05, 3.63) is 65.5 Å². The first-order chi connectivity index (χ1) is 11.1. The van der Waals surface area contributed by atoms with E-state index in [1.54, 1.807) is 0 Å². The van der Waals surface area contributed by atoms with E-state index >= 15 is 0 Å². The summed E-state index contributed by atoms with van der Waals surface area (Å²) in [5.41, 5.74) is 2.70. The maximum absolute atomic E-state index is 13.3. The molecule has 2 aliphatic heterocycles. The fourth-order valence-electron chi connectivity index (χ4n) is 3.37. The molecule has 4 nitrogen and oxygen atoms in total. The van der Waals surface area contributed by atoms with Gasteiger partial charge in [-0.2, -0.15) is 5.10 Å². The zero-order valence-electron chi connectivity index (χ0n) is 13.3. The normalized spacial score (nSPS) is 22.8. The number of nitrogens with one attached hydrogen (secondary N) is 1. The minimum Gasteiger partial charge on any atom is -0.359 e. The van der Waals surface area contributed by atoms with Crippen LogP contribution in [0.2, 0.25) is 0 Å². The second-order valence-electron chi connectivity index (χ2n) is 6.21. The highest BCUT2D eigenvalue weighted by Gasteiger charge is 2.42. The molecule has 2 aromatic rings. The van der Waals surface area contributed by atoms with Crippen LogP contribution >= 0.6 is 0 Å². The second-order valence-corrected chi connectivity index (χ2v) is 6.21. The van der Waals surface area contributed by atoms with Crippen molar-refractivity contribution in [2.24, 2.45) is 5.10 Å². The molecule has 118 valence electrons. The van der Waals surface area contributed by atoms with E-state index in [-0.39, 0.29) is 5.82 Å². The number of rotatable bonds is 1. The summed E-state index contributed by atoms with van der Waals surface area (Å²) in [4.78, 5) is 2.27. The molecule has 1 unspecified atom stereocenters. The van der Waals surface area contributed by atoms with Gasteiger partial charge in [0.25, 0.3) is 0 Å². The number of anilines is 1. The molecular weight excluding hydrogens is 291 g/mol. The fraction of sp³-hybridized carbons (Fsp3) is 0.278. The molecule has 0 aromatic heterocycles. The van der Waals surface area contributed by atoms with Gasteiger partial charge in [-0.05, 0) is 36.8 Å². The molecule has 1 N–H and O–H groups in total. The van der Waals surface area contributed by atoms with Crippen molar-refractivity contribution in [1.82, 2.24) is 9.91 Å². The molecule has 1 atom stereocenters. The third-order valence-electron chi connectivity index (χ3n) is 4.66. The Hall–Kier alpha value is -2.56. The number of halogens is 1. The van der Waals surface area contributed by atoms with E-state index in [2.05, 4.69) is 29.3 Å². The lowest BCUT2D eigenvalue weighted by molar-refractivity contribution is 0.167. The topological polar surface area (TPSA) is 30.9 Å². The van der Waals surface area contributed by atoms with Crippen LogP contribution in [0.25, 0.3) is 0 Å². The summed E-state index contributed by atoms with van der Waals surface area (Å²) in [6.07, 6.45) is 0. The van der Waals surface area contributed by atoms with Crippen LogP contribution in [-0.2, 0) is 5.66 Å². The van der Waals surface area contributed by atoms with Gasteiger partial charge >= 0.3 is 0 Å². The number of hydrazone groups is 1. The summed E-state index contributed by atoms with van der Waals surface area (Å²) in [5, 5.41) is 10.3. The van der Waals surface area contributed by atoms with Crippen molar-refractivity contribution >= 4 is 11.5 Å². The first-order valence-corrected chi connectivity index (χ1v) is 7.79. The first kappa shape index (κ1) is 14.1. The molecule has 2 heterocycles. The number of hydrogen-bond donors (Lipinski definition) is 1. The molecule has 5 heteroatoms. The first-order valence-electron chi connectivity index (χ1n) is 7.79. The van der Waals surface area contributed by atoms with Crippen LogP contribution in [0.4, 0.5) is 10.1 Å². The zero-order chi connectivity index (χ0) is 16.0. The van der Waals surface area contributed by atoms with Gasteiger partial charge in [0.2, 0.25) is 0 Å². The highest BCUT2D eigenvalue weighted by Crippen LogP contribution is 2.38. The van der Waals surface area contributed by atoms with E-state index in [0.29, 0.717) is 0 Å². The lowest BCUT2D eigenvalue weighted by Gasteiger charge is -2.50. The van der Waals surface area contributed by atoms with Crippen molar-refractivity contribution in [1.29, 1.82) is 0 Å². The Labute approximate surface area is 135 Å². The SMILES string of the molecule is CN1CCN2C(=N1)c1ccccc1NC2(C)c1ccc(F)cc1. The van der Waals surface area contributed by atoms with E-state index in [4.69, 9.17) is 5.10 Å². The van der Waals surface area contributed by atoms with Gasteiger partial charge in [0.05, 0.1) is 6.54 Å². The zero-order valence-corrected chi connectivity index (χ0v) is 13.3. The van der Waals surface area contributed by atoms with Gasteiger partial charge in [0.15, 0.2) is 5.84 Å². The molecular formula is C18H19FN4. The van der Waals surface area contributed by atoms with Crippen LogP contribution < -0.4 is 5.32 Å². The third kappa shape index (κ3) is 2.15. The van der Waals surface area contributed by atoms with Gasteiger partial charge in [0, 0.05) is 24.8 Å². The van der Waals surface area contributed by atoms with Gasteiger partial charge in [0.1, 0.15) is 11.5 Å². The number of amidine groups is 1. The van der Waals surface area contributed by atoms with Crippen LogP contribution in [0.15, 0.2) is 53.6 Å². The van der Waals surface area contributed by atoms with Crippen molar-refractivity contribution in [3.63, 3.8) is 0 Å². The van der Waals surface area contributed by atoms with Crippen molar-refractivity contribution in [3.8, 4) is 0 Å². The van der Waals surface area contributed by atoms with Crippen molar-refractivity contribution in [2.45, 2.75) is 12.6 Å². The summed E-state index contributed by atoms with van der Waals surface area (Å²) < 4.78 is 13.3. The number of likely N-dealkylation sites (N-methyl/N-ethyl adjacent to an activating group) is 1. The summed E-state index contributed by atoms with van der Waals surface area (Å²) in [7, 11) is 1.99. The number of fused-ring (bicyclic) bond motifs is 3. The summed E-state index contributed by atoms with van der Waals surface area (Å²) >= 11 is 0. The molecule has 0 radical (unpaired) electrons. The van der Waals surface area contributed by atoms with Gasteiger partial charge in [-0.25, -0.2) is 4.39 Å². The molecule has 0 fully saturated rings. The molecule has 4 rings (SSSR count). The summed E-state index contributed by atoms with van der Waals surface area (Å²) in [6, 6.07) is 14.9. The molecule has 23 heavy (non-hydrogen) atoms. The smallest absolute Gasteiger partial charge is 0.160 e. The Balaban J connectivity index is 1.89. The number of hydrogen-bond acceptors (Lipinski definition) is 4. The standard InChI is InChI=1S/C18H19FN4/c1-18(13-7-9-14(19)10-8-13)20-16-6-4-3-5-15(16)17-21-22(2)11-12-23(17)18/h3-10,20H,11-12H2,1-2H3. The maximum Gasteiger partial charge on any atom is 0.160 e.